The number of halogens is 2. The van der Waals surface area contributed by atoms with Crippen LogP contribution in [0.2, 0.25) is 19.6 Å². The van der Waals surface area contributed by atoms with Crippen LogP contribution in [0, 0.1) is 0 Å². The lowest BCUT2D eigenvalue weighted by atomic mass is 10.1. The standard InChI is InChI=1S/C18H22F2O2Si/c1-23(2,3)16-10-8-15(9-11-16)18(19,20)12-13-22-17(21)14-6-4-5-7-14/h4-11,21H,12-13H2,1-3H3/p-1. The van der Waals surface area contributed by atoms with Crippen molar-refractivity contribution in [1.29, 1.82) is 0 Å². The van der Waals surface area contributed by atoms with Crippen molar-refractivity contribution in [3.8, 4) is 0 Å². The van der Waals surface area contributed by atoms with Crippen LogP contribution in [-0.4, -0.2) is 14.7 Å². The van der Waals surface area contributed by atoms with Gasteiger partial charge in [-0.25, -0.2) is 8.78 Å². The van der Waals surface area contributed by atoms with E-state index in [0.29, 0.717) is 5.57 Å². The molecule has 1 aromatic carbocycles. The summed E-state index contributed by atoms with van der Waals surface area (Å²) in [5.74, 6) is -3.58. The summed E-state index contributed by atoms with van der Waals surface area (Å²) in [6.07, 6.45) is 6.06. The van der Waals surface area contributed by atoms with Crippen molar-refractivity contribution in [2.24, 2.45) is 0 Å². The zero-order chi connectivity index (χ0) is 17.1. The Kier molecular flexibility index (Phi) is 5.09. The van der Waals surface area contributed by atoms with Gasteiger partial charge in [0.15, 0.2) is 0 Å². The highest BCUT2D eigenvalue weighted by Crippen LogP contribution is 2.31. The van der Waals surface area contributed by atoms with Gasteiger partial charge in [0.05, 0.1) is 14.0 Å². The lowest BCUT2D eigenvalue weighted by molar-refractivity contribution is -0.359. The fourth-order valence-corrected chi connectivity index (χ4v) is 3.39. The van der Waals surface area contributed by atoms with Crippen LogP contribution >= 0.6 is 0 Å². The molecule has 124 valence electrons. The second kappa shape index (κ2) is 6.70. The molecule has 1 aliphatic rings. The average Bonchev–Trinajstić information content (AvgIpc) is 3.00. The minimum Gasteiger partial charge on any atom is -0.613 e. The van der Waals surface area contributed by atoms with E-state index in [4.69, 9.17) is 4.74 Å². The quantitative estimate of drug-likeness (QED) is 0.589. The minimum absolute atomic E-state index is 0.0381. The molecule has 0 saturated carbocycles. The highest BCUT2D eigenvalue weighted by Gasteiger charge is 2.30. The van der Waals surface area contributed by atoms with E-state index in [1.807, 2.05) is 0 Å². The van der Waals surface area contributed by atoms with E-state index in [1.54, 1.807) is 36.4 Å². The van der Waals surface area contributed by atoms with Crippen molar-refractivity contribution in [2.45, 2.75) is 32.0 Å². The number of allylic oxidation sites excluding steroid dienone is 5. The normalized spacial score (nSPS) is 14.4. The summed E-state index contributed by atoms with van der Waals surface area (Å²) in [6.45, 7) is 6.20. The molecule has 0 aliphatic heterocycles. The molecule has 1 aromatic rings. The molecule has 0 spiro atoms. The van der Waals surface area contributed by atoms with Gasteiger partial charge in [0, 0.05) is 12.0 Å². The molecule has 0 unspecified atom stereocenters. The van der Waals surface area contributed by atoms with E-state index in [-0.39, 0.29) is 12.2 Å². The van der Waals surface area contributed by atoms with Crippen molar-refractivity contribution < 1.29 is 18.6 Å². The summed E-state index contributed by atoms with van der Waals surface area (Å²) in [4.78, 5) is 0. The van der Waals surface area contributed by atoms with Gasteiger partial charge in [-0.3, -0.25) is 0 Å². The molecule has 23 heavy (non-hydrogen) atoms. The Bertz CT molecular complexity index is 624. The summed E-state index contributed by atoms with van der Waals surface area (Å²) in [5.41, 5.74) is 0.344. The van der Waals surface area contributed by atoms with E-state index >= 15 is 0 Å². The van der Waals surface area contributed by atoms with E-state index in [9.17, 15) is 13.9 Å². The summed E-state index contributed by atoms with van der Waals surface area (Å²) in [5, 5.41) is 12.8. The molecule has 1 aliphatic carbocycles. The highest BCUT2D eigenvalue weighted by atomic mass is 28.3. The number of ether oxygens (including phenoxy) is 1. The summed E-state index contributed by atoms with van der Waals surface area (Å²) >= 11 is 0. The molecular weight excluding hydrogens is 314 g/mol. The number of hydrogen-bond acceptors (Lipinski definition) is 2. The van der Waals surface area contributed by atoms with Gasteiger partial charge in [-0.1, -0.05) is 73.4 Å². The average molecular weight is 335 g/mol. The van der Waals surface area contributed by atoms with Crippen molar-refractivity contribution >= 4 is 13.3 Å². The molecule has 0 saturated heterocycles. The summed E-state index contributed by atoms with van der Waals surface area (Å²) in [6, 6.07) is 6.52. The third kappa shape index (κ3) is 4.54. The second-order valence-corrected chi connectivity index (χ2v) is 11.7. The van der Waals surface area contributed by atoms with E-state index in [2.05, 4.69) is 19.6 Å². The topological polar surface area (TPSA) is 32.3 Å². The van der Waals surface area contributed by atoms with E-state index < -0.39 is 26.4 Å². The van der Waals surface area contributed by atoms with Gasteiger partial charge in [-0.05, 0) is 12.2 Å². The van der Waals surface area contributed by atoms with Crippen LogP contribution in [0.5, 0.6) is 0 Å². The third-order valence-corrected chi connectivity index (χ3v) is 5.79. The summed E-state index contributed by atoms with van der Waals surface area (Å²) in [7, 11) is -1.50. The molecule has 0 bridgehead atoms. The second-order valence-electron chi connectivity index (χ2n) is 6.59. The maximum absolute atomic E-state index is 14.2. The van der Waals surface area contributed by atoms with Crippen molar-refractivity contribution in [1.82, 2.24) is 0 Å². The number of rotatable bonds is 6. The Morgan fingerprint density at radius 2 is 1.65 bits per heavy atom. The first-order valence-corrected chi connectivity index (χ1v) is 11.1. The molecular formula is C18H21F2O2Si-. The minimum atomic E-state index is -3.01. The Hall–Kier alpha value is -1.88. The van der Waals surface area contributed by atoms with E-state index in [1.165, 1.54) is 12.1 Å². The molecule has 2 rings (SSSR count). The molecule has 0 fully saturated rings. The molecule has 0 aromatic heterocycles. The summed E-state index contributed by atoms with van der Waals surface area (Å²) < 4.78 is 33.3. The molecule has 0 heterocycles. The van der Waals surface area contributed by atoms with Crippen LogP contribution < -0.4 is 10.3 Å². The molecule has 2 nitrogen and oxygen atoms in total. The zero-order valence-corrected chi connectivity index (χ0v) is 14.6. The number of hydrogen-bond donors (Lipinski definition) is 0. The van der Waals surface area contributed by atoms with Gasteiger partial charge in [-0.2, -0.15) is 0 Å². The predicted molar refractivity (Wildman–Crippen MR) is 89.2 cm³/mol. The van der Waals surface area contributed by atoms with Crippen molar-refractivity contribution in [3.63, 3.8) is 0 Å². The number of benzene rings is 1. The maximum atomic E-state index is 14.2. The Morgan fingerprint density at radius 1 is 1.09 bits per heavy atom. The fraction of sp³-hybridized carbons (Fsp3) is 0.333. The van der Waals surface area contributed by atoms with Crippen LogP contribution in [0.3, 0.4) is 0 Å². The monoisotopic (exact) mass is 335 g/mol. The predicted octanol–water partition coefficient (Wildman–Crippen LogP) is 3.43. The molecule has 0 radical (unpaired) electrons. The van der Waals surface area contributed by atoms with Crippen LogP contribution in [0.4, 0.5) is 8.78 Å². The fourth-order valence-electron chi connectivity index (χ4n) is 2.22. The SMILES string of the molecule is C[Si](C)(C)c1ccc(C(F)(F)CCOC([O-])=C2C=CC=C2)cc1. The Labute approximate surface area is 136 Å². The molecule has 0 amide bonds. The third-order valence-electron chi connectivity index (χ3n) is 3.72. The first-order chi connectivity index (χ1) is 10.7. The Morgan fingerprint density at radius 3 is 2.17 bits per heavy atom. The van der Waals surface area contributed by atoms with Gasteiger partial charge in [0.1, 0.15) is 0 Å². The lowest BCUT2D eigenvalue weighted by Gasteiger charge is -2.23. The van der Waals surface area contributed by atoms with Crippen molar-refractivity contribution in [2.75, 3.05) is 6.61 Å². The van der Waals surface area contributed by atoms with Gasteiger partial charge in [-0.15, -0.1) is 0 Å². The first kappa shape index (κ1) is 17.5. The van der Waals surface area contributed by atoms with E-state index in [0.717, 1.165) is 5.19 Å². The van der Waals surface area contributed by atoms with Gasteiger partial charge >= 0.3 is 0 Å². The van der Waals surface area contributed by atoms with Crippen molar-refractivity contribution in [3.05, 3.63) is 65.7 Å². The molecule has 0 atom stereocenters. The lowest BCUT2D eigenvalue weighted by Crippen LogP contribution is -2.37. The first-order valence-electron chi connectivity index (χ1n) is 7.58. The van der Waals surface area contributed by atoms with Gasteiger partial charge in [0.2, 0.25) is 0 Å². The number of alkyl halides is 2. The van der Waals surface area contributed by atoms with Gasteiger partial charge in [0.25, 0.3) is 5.92 Å². The van der Waals surface area contributed by atoms with Crippen LogP contribution in [0.1, 0.15) is 12.0 Å². The largest absolute Gasteiger partial charge is 0.613 e. The van der Waals surface area contributed by atoms with Gasteiger partial charge < -0.3 is 9.84 Å². The van der Waals surface area contributed by atoms with Crippen LogP contribution in [0.25, 0.3) is 0 Å². The van der Waals surface area contributed by atoms with Crippen LogP contribution in [0.15, 0.2) is 60.1 Å². The zero-order valence-electron chi connectivity index (χ0n) is 13.6. The smallest absolute Gasteiger partial charge is 0.274 e. The highest BCUT2D eigenvalue weighted by molar-refractivity contribution is 6.88. The molecule has 0 N–H and O–H groups in total. The maximum Gasteiger partial charge on any atom is 0.274 e. The molecule has 5 heteroatoms. The Balaban J connectivity index is 1.97. The van der Waals surface area contributed by atoms with Crippen LogP contribution in [-0.2, 0) is 10.7 Å².